The molecule has 1 amide bonds. The van der Waals surface area contributed by atoms with Gasteiger partial charge in [0, 0.05) is 35.8 Å². The number of amides is 1. The molecule has 1 aromatic carbocycles. The maximum atomic E-state index is 12.3. The lowest BCUT2D eigenvalue weighted by atomic mass is 10.1. The van der Waals surface area contributed by atoms with E-state index in [9.17, 15) is 14.9 Å². The average molecular weight is 334 g/mol. The number of halogens is 2. The molecule has 116 valence electrons. The van der Waals surface area contributed by atoms with Crippen molar-refractivity contribution in [2.45, 2.75) is 6.42 Å². The predicted molar refractivity (Wildman–Crippen MR) is 83.3 cm³/mol. The number of likely N-dealkylation sites (tertiary alicyclic amines) is 1. The van der Waals surface area contributed by atoms with Gasteiger partial charge in [-0.2, -0.15) is 0 Å². The van der Waals surface area contributed by atoms with Crippen LogP contribution in [0.4, 0.5) is 5.69 Å². The van der Waals surface area contributed by atoms with E-state index < -0.39 is 4.92 Å². The van der Waals surface area contributed by atoms with Crippen molar-refractivity contribution in [2.75, 3.05) is 26.7 Å². The molecule has 1 aliphatic rings. The van der Waals surface area contributed by atoms with Gasteiger partial charge in [0.05, 0.1) is 4.92 Å². The monoisotopic (exact) mass is 333 g/mol. The van der Waals surface area contributed by atoms with E-state index in [2.05, 4.69) is 5.32 Å². The third kappa shape index (κ3) is 4.30. The standard InChI is InChI=1S/C13H16ClN3O3.ClH/c1-15-7-9-2-3-16(8-9)13(18)10-4-11(14)6-12(5-10)17(19)20;/h4-6,9,15H,2-3,7-8H2,1H3;1H. The fourth-order valence-corrected chi connectivity index (χ4v) is 2.69. The highest BCUT2D eigenvalue weighted by Gasteiger charge is 2.27. The lowest BCUT2D eigenvalue weighted by molar-refractivity contribution is -0.384. The molecule has 0 aromatic heterocycles. The van der Waals surface area contributed by atoms with Crippen molar-refractivity contribution in [2.24, 2.45) is 5.92 Å². The zero-order valence-electron chi connectivity index (χ0n) is 11.5. The summed E-state index contributed by atoms with van der Waals surface area (Å²) in [5, 5.41) is 14.1. The second-order valence-electron chi connectivity index (χ2n) is 4.92. The van der Waals surface area contributed by atoms with E-state index in [1.54, 1.807) is 4.90 Å². The number of hydrogen-bond acceptors (Lipinski definition) is 4. The van der Waals surface area contributed by atoms with Gasteiger partial charge in [0.25, 0.3) is 11.6 Å². The van der Waals surface area contributed by atoms with Crippen molar-refractivity contribution in [3.05, 3.63) is 38.9 Å². The van der Waals surface area contributed by atoms with Gasteiger partial charge in [0.2, 0.25) is 0 Å². The molecule has 21 heavy (non-hydrogen) atoms. The number of nitro benzene ring substituents is 1. The molecule has 1 N–H and O–H groups in total. The van der Waals surface area contributed by atoms with Gasteiger partial charge in [0.15, 0.2) is 0 Å². The Labute approximate surface area is 134 Å². The largest absolute Gasteiger partial charge is 0.338 e. The quantitative estimate of drug-likeness (QED) is 0.677. The summed E-state index contributed by atoms with van der Waals surface area (Å²) in [6, 6.07) is 3.99. The molecule has 2 rings (SSSR count). The highest BCUT2D eigenvalue weighted by Crippen LogP contribution is 2.24. The lowest BCUT2D eigenvalue weighted by Gasteiger charge is -2.16. The number of nitrogens with one attached hydrogen (secondary N) is 1. The summed E-state index contributed by atoms with van der Waals surface area (Å²) in [6.45, 7) is 2.20. The van der Waals surface area contributed by atoms with Crippen molar-refractivity contribution in [3.63, 3.8) is 0 Å². The van der Waals surface area contributed by atoms with Crippen LogP contribution < -0.4 is 5.32 Å². The maximum absolute atomic E-state index is 12.3. The van der Waals surface area contributed by atoms with E-state index in [1.165, 1.54) is 18.2 Å². The van der Waals surface area contributed by atoms with Gasteiger partial charge >= 0.3 is 0 Å². The van der Waals surface area contributed by atoms with E-state index >= 15 is 0 Å². The third-order valence-corrected chi connectivity index (χ3v) is 3.62. The Morgan fingerprint density at radius 3 is 2.86 bits per heavy atom. The molecule has 0 spiro atoms. The van der Waals surface area contributed by atoms with E-state index in [0.29, 0.717) is 19.0 Å². The molecule has 0 bridgehead atoms. The molecule has 1 atom stereocenters. The first-order chi connectivity index (χ1) is 9.51. The van der Waals surface area contributed by atoms with Gasteiger partial charge in [0.1, 0.15) is 0 Å². The van der Waals surface area contributed by atoms with Crippen molar-refractivity contribution < 1.29 is 9.72 Å². The van der Waals surface area contributed by atoms with E-state index in [-0.39, 0.29) is 34.6 Å². The van der Waals surface area contributed by atoms with Gasteiger partial charge < -0.3 is 10.2 Å². The number of benzene rings is 1. The summed E-state index contributed by atoms with van der Waals surface area (Å²) in [7, 11) is 1.88. The molecule has 1 fully saturated rings. The van der Waals surface area contributed by atoms with Gasteiger partial charge in [-0.05, 0) is 32.0 Å². The Hall–Kier alpha value is -1.37. The number of nitro groups is 1. The van der Waals surface area contributed by atoms with Gasteiger partial charge in [-0.1, -0.05) is 11.6 Å². The van der Waals surface area contributed by atoms with Crippen LogP contribution in [0.15, 0.2) is 18.2 Å². The Morgan fingerprint density at radius 2 is 2.24 bits per heavy atom. The van der Waals surface area contributed by atoms with E-state index in [4.69, 9.17) is 11.6 Å². The highest BCUT2D eigenvalue weighted by molar-refractivity contribution is 6.31. The minimum absolute atomic E-state index is 0. The fraction of sp³-hybridized carbons (Fsp3) is 0.462. The van der Waals surface area contributed by atoms with Crippen LogP contribution in [0.1, 0.15) is 16.8 Å². The van der Waals surface area contributed by atoms with Crippen molar-refractivity contribution in [1.82, 2.24) is 10.2 Å². The first kappa shape index (κ1) is 17.7. The minimum atomic E-state index is -0.545. The zero-order chi connectivity index (χ0) is 14.7. The molecular formula is C13H17Cl2N3O3. The number of nitrogens with zero attached hydrogens (tertiary/aromatic N) is 2. The molecular weight excluding hydrogens is 317 g/mol. The predicted octanol–water partition coefficient (Wildman–Crippen LogP) is 2.35. The minimum Gasteiger partial charge on any atom is -0.338 e. The normalized spacial score (nSPS) is 17.4. The molecule has 0 radical (unpaired) electrons. The SMILES string of the molecule is CNCC1CCN(C(=O)c2cc(Cl)cc([N+](=O)[O-])c2)C1.Cl. The number of hydrogen-bond donors (Lipinski definition) is 1. The molecule has 8 heteroatoms. The summed E-state index contributed by atoms with van der Waals surface area (Å²) in [4.78, 5) is 24.3. The number of carbonyl (C=O) groups is 1. The zero-order valence-corrected chi connectivity index (χ0v) is 13.1. The number of rotatable bonds is 4. The van der Waals surface area contributed by atoms with Gasteiger partial charge in [-0.15, -0.1) is 12.4 Å². The first-order valence-corrected chi connectivity index (χ1v) is 6.78. The smallest absolute Gasteiger partial charge is 0.271 e. The second-order valence-corrected chi connectivity index (χ2v) is 5.36. The Bertz CT molecular complexity index is 539. The molecule has 1 heterocycles. The van der Waals surface area contributed by atoms with Crippen LogP contribution in [0.5, 0.6) is 0 Å². The van der Waals surface area contributed by atoms with Crippen molar-refractivity contribution >= 4 is 35.6 Å². The van der Waals surface area contributed by atoms with E-state index in [1.807, 2.05) is 7.05 Å². The Balaban J connectivity index is 0.00000220. The molecule has 0 saturated carbocycles. The van der Waals surface area contributed by atoms with E-state index in [0.717, 1.165) is 13.0 Å². The average Bonchev–Trinajstić information content (AvgIpc) is 2.86. The topological polar surface area (TPSA) is 75.5 Å². The molecule has 1 aliphatic heterocycles. The van der Waals surface area contributed by atoms with Crippen LogP contribution in [-0.2, 0) is 0 Å². The lowest BCUT2D eigenvalue weighted by Crippen LogP contribution is -2.30. The van der Waals surface area contributed by atoms with Crippen LogP contribution >= 0.6 is 24.0 Å². The number of carbonyl (C=O) groups excluding carboxylic acids is 1. The highest BCUT2D eigenvalue weighted by atomic mass is 35.5. The van der Waals surface area contributed by atoms with Crippen LogP contribution in [0.2, 0.25) is 5.02 Å². The van der Waals surface area contributed by atoms with Crippen LogP contribution in [0.25, 0.3) is 0 Å². The maximum Gasteiger partial charge on any atom is 0.271 e. The van der Waals surface area contributed by atoms with Crippen LogP contribution in [0.3, 0.4) is 0 Å². The van der Waals surface area contributed by atoms with Crippen LogP contribution in [0, 0.1) is 16.0 Å². The number of non-ortho nitro benzene ring substituents is 1. The molecule has 1 aromatic rings. The summed E-state index contributed by atoms with van der Waals surface area (Å²) < 4.78 is 0. The Morgan fingerprint density at radius 1 is 1.52 bits per heavy atom. The summed E-state index contributed by atoms with van der Waals surface area (Å²) in [5.41, 5.74) is 0.112. The molecule has 1 saturated heterocycles. The summed E-state index contributed by atoms with van der Waals surface area (Å²) >= 11 is 5.84. The molecule has 6 nitrogen and oxygen atoms in total. The summed E-state index contributed by atoms with van der Waals surface area (Å²) in [5.74, 6) is 0.229. The van der Waals surface area contributed by atoms with Crippen molar-refractivity contribution in [1.29, 1.82) is 0 Å². The van der Waals surface area contributed by atoms with Gasteiger partial charge in [-0.3, -0.25) is 14.9 Å². The van der Waals surface area contributed by atoms with Crippen molar-refractivity contribution in [3.8, 4) is 0 Å². The molecule has 0 aliphatic carbocycles. The Kier molecular flexibility index (Phi) is 6.39. The third-order valence-electron chi connectivity index (χ3n) is 3.41. The summed E-state index contributed by atoms with van der Waals surface area (Å²) in [6.07, 6.45) is 0.940. The first-order valence-electron chi connectivity index (χ1n) is 6.40. The fourth-order valence-electron chi connectivity index (χ4n) is 2.46. The van der Waals surface area contributed by atoms with Gasteiger partial charge in [-0.25, -0.2) is 0 Å². The van der Waals surface area contributed by atoms with Crippen LogP contribution in [-0.4, -0.2) is 42.4 Å². The molecule has 1 unspecified atom stereocenters. The second kappa shape index (κ2) is 7.59.